The van der Waals surface area contributed by atoms with Crippen LogP contribution in [-0.4, -0.2) is 31.5 Å². The van der Waals surface area contributed by atoms with Crippen LogP contribution in [-0.2, 0) is 14.8 Å². The van der Waals surface area contributed by atoms with Crippen LogP contribution in [0.3, 0.4) is 0 Å². The van der Waals surface area contributed by atoms with Crippen molar-refractivity contribution >= 4 is 33.0 Å². The van der Waals surface area contributed by atoms with Crippen LogP contribution in [0.25, 0.3) is 0 Å². The van der Waals surface area contributed by atoms with E-state index in [0.29, 0.717) is 18.4 Å². The zero-order chi connectivity index (χ0) is 24.3. The topological polar surface area (TPSA) is 136 Å². The average molecular weight is 479 g/mol. The van der Waals surface area contributed by atoms with Crippen LogP contribution in [0.15, 0.2) is 42.5 Å². The molecule has 0 aromatic heterocycles. The summed E-state index contributed by atoms with van der Waals surface area (Å²) in [5, 5.41) is 13.6. The van der Waals surface area contributed by atoms with Crippen molar-refractivity contribution in [3.05, 3.63) is 64.0 Å². The molecule has 1 atom stereocenters. The number of rotatable bonds is 8. The predicted octanol–water partition coefficient (Wildman–Crippen LogP) is 3.72. The van der Waals surface area contributed by atoms with Gasteiger partial charge in [0.25, 0.3) is 5.69 Å². The lowest BCUT2D eigenvalue weighted by atomic mass is 9.88. The molecule has 3 N–H and O–H groups in total. The van der Waals surface area contributed by atoms with Crippen LogP contribution >= 0.6 is 0 Å². The molecule has 2 aromatic carbocycles. The molecule has 1 fully saturated rings. The van der Waals surface area contributed by atoms with Crippen molar-refractivity contribution in [2.75, 3.05) is 16.7 Å². The van der Waals surface area contributed by atoms with E-state index in [1.165, 1.54) is 53.8 Å². The van der Waals surface area contributed by atoms with Crippen molar-refractivity contribution in [2.45, 2.75) is 43.9 Å². The van der Waals surface area contributed by atoms with Gasteiger partial charge in [0.15, 0.2) is 0 Å². The number of hydrogen-bond acceptors (Lipinski definition) is 6. The minimum absolute atomic E-state index is 0.134. The van der Waals surface area contributed by atoms with Crippen molar-refractivity contribution in [1.29, 1.82) is 0 Å². The van der Waals surface area contributed by atoms with Gasteiger partial charge in [-0.25, -0.2) is 12.8 Å². The van der Waals surface area contributed by atoms with Gasteiger partial charge >= 0.3 is 0 Å². The molecule has 0 saturated heterocycles. The van der Waals surface area contributed by atoms with Crippen LogP contribution in [0, 0.1) is 21.8 Å². The number of amides is 1. The van der Waals surface area contributed by atoms with Crippen LogP contribution in [0.5, 0.6) is 0 Å². The van der Waals surface area contributed by atoms with Gasteiger partial charge < -0.3 is 11.1 Å². The van der Waals surface area contributed by atoms with E-state index in [9.17, 15) is 27.7 Å². The Morgan fingerprint density at radius 2 is 1.79 bits per heavy atom. The summed E-state index contributed by atoms with van der Waals surface area (Å²) in [6, 6.07) is 8.87. The summed E-state index contributed by atoms with van der Waals surface area (Å²) in [5.41, 5.74) is 6.03. The monoisotopic (exact) mass is 478 g/mol. The Labute approximate surface area is 192 Å². The number of halogens is 1. The molecule has 1 amide bonds. The van der Waals surface area contributed by atoms with Crippen molar-refractivity contribution in [2.24, 2.45) is 11.7 Å². The van der Waals surface area contributed by atoms with E-state index in [1.54, 1.807) is 6.92 Å². The third kappa shape index (κ3) is 5.08. The van der Waals surface area contributed by atoms with E-state index in [4.69, 9.17) is 5.73 Å². The number of hydrogen-bond donors (Lipinski definition) is 2. The number of carbonyl (C=O) groups excluding carboxylic acids is 1. The number of anilines is 2. The molecule has 0 radical (unpaired) electrons. The number of nitro groups is 1. The number of nitrogens with zero attached hydrogens (tertiary/aromatic N) is 2. The molecule has 11 heteroatoms. The quantitative estimate of drug-likeness (QED) is 0.438. The second kappa shape index (κ2) is 9.74. The van der Waals surface area contributed by atoms with Gasteiger partial charge in [-0.2, -0.15) is 0 Å². The molecule has 0 spiro atoms. The highest BCUT2D eigenvalue weighted by molar-refractivity contribution is 7.93. The third-order valence-electron chi connectivity index (χ3n) is 6.18. The minimum Gasteiger partial charge on any atom is -0.383 e. The summed E-state index contributed by atoms with van der Waals surface area (Å²) in [5.74, 6) is -1.27. The summed E-state index contributed by atoms with van der Waals surface area (Å²) >= 11 is 0. The van der Waals surface area contributed by atoms with Gasteiger partial charge in [-0.05, 0) is 62.4 Å². The van der Waals surface area contributed by atoms with E-state index >= 15 is 0 Å². The largest absolute Gasteiger partial charge is 0.383 e. The molecule has 0 bridgehead atoms. The normalized spacial score (nSPS) is 19.5. The second-order valence-corrected chi connectivity index (χ2v) is 10.2. The molecule has 0 heterocycles. The average Bonchev–Trinajstić information content (AvgIpc) is 2.79. The minimum atomic E-state index is -4.00. The zero-order valence-electron chi connectivity index (χ0n) is 18.4. The number of carbonyl (C=O) groups is 1. The molecular formula is C22H27FN4O5S. The third-order valence-corrected chi connectivity index (χ3v) is 8.57. The molecule has 2 aromatic rings. The van der Waals surface area contributed by atoms with Crippen molar-refractivity contribution in [1.82, 2.24) is 0 Å². The predicted molar refractivity (Wildman–Crippen MR) is 124 cm³/mol. The summed E-state index contributed by atoms with van der Waals surface area (Å²) in [6.07, 6.45) is 1.21. The summed E-state index contributed by atoms with van der Waals surface area (Å²) in [6.45, 7) is 1.65. The lowest BCUT2D eigenvalue weighted by molar-refractivity contribution is -0.383. The van der Waals surface area contributed by atoms with E-state index in [-0.39, 0.29) is 35.8 Å². The number of nitrogens with one attached hydrogen (secondary N) is 1. The second-order valence-electron chi connectivity index (χ2n) is 8.15. The van der Waals surface area contributed by atoms with Gasteiger partial charge in [-0.1, -0.05) is 12.1 Å². The Kier molecular flexibility index (Phi) is 7.21. The number of nitrogens with two attached hydrogens (primary N) is 1. The Morgan fingerprint density at radius 3 is 2.30 bits per heavy atom. The first-order valence-electron chi connectivity index (χ1n) is 10.6. The molecule has 3 rings (SSSR count). The lowest BCUT2D eigenvalue weighted by Crippen LogP contribution is -2.43. The van der Waals surface area contributed by atoms with E-state index < -0.39 is 38.0 Å². The van der Waals surface area contributed by atoms with Gasteiger partial charge in [0, 0.05) is 19.0 Å². The number of nitro benzene ring substituents is 1. The van der Waals surface area contributed by atoms with Gasteiger partial charge in [0.1, 0.15) is 11.5 Å². The highest BCUT2D eigenvalue weighted by Gasteiger charge is 2.39. The molecule has 1 saturated carbocycles. The fraction of sp³-hybridized carbons (Fsp3) is 0.409. The zero-order valence-corrected chi connectivity index (χ0v) is 19.2. The maximum Gasteiger partial charge on any atom is 0.294 e. The molecule has 178 valence electrons. The van der Waals surface area contributed by atoms with Crippen LogP contribution in [0.2, 0.25) is 0 Å². The van der Waals surface area contributed by atoms with Crippen molar-refractivity contribution < 1.29 is 22.5 Å². The van der Waals surface area contributed by atoms with Crippen LogP contribution in [0.4, 0.5) is 21.5 Å². The first-order valence-corrected chi connectivity index (χ1v) is 12.1. The lowest BCUT2D eigenvalue weighted by Gasteiger charge is -2.36. The molecule has 9 nitrogen and oxygen atoms in total. The Bertz CT molecular complexity index is 1130. The Morgan fingerprint density at radius 1 is 1.18 bits per heavy atom. The van der Waals surface area contributed by atoms with Gasteiger partial charge in [0.2, 0.25) is 15.9 Å². The standard InChI is InChI=1S/C22H27FN4O5S/c1-14(15-3-7-17(23)8-4-15)26(18-9-12-20(25-2)21(13-18)27(29)30)33(31,32)19-10-5-16(6-11-19)22(24)28/h3-4,7-9,12-14,16,19,25H,5-6,10-11H2,1-2H3,(H2,24,28)/t14-,16?,19?/m1/s1. The van der Waals surface area contributed by atoms with Crippen LogP contribution < -0.4 is 15.4 Å². The fourth-order valence-electron chi connectivity index (χ4n) is 4.29. The fourth-order valence-corrected chi connectivity index (χ4v) is 6.45. The number of primary amides is 1. The molecule has 0 aliphatic heterocycles. The maximum absolute atomic E-state index is 13.8. The molecule has 1 aliphatic carbocycles. The maximum atomic E-state index is 13.8. The Balaban J connectivity index is 2.08. The first kappa shape index (κ1) is 24.4. The Hall–Kier alpha value is -3.21. The van der Waals surface area contributed by atoms with Gasteiger partial charge in [-0.3, -0.25) is 19.2 Å². The summed E-state index contributed by atoms with van der Waals surface area (Å²) < 4.78 is 42.3. The van der Waals surface area contributed by atoms with E-state index in [0.717, 1.165) is 0 Å². The summed E-state index contributed by atoms with van der Waals surface area (Å²) in [4.78, 5) is 22.5. The molecule has 0 unspecified atom stereocenters. The van der Waals surface area contributed by atoms with Gasteiger partial charge in [-0.15, -0.1) is 0 Å². The molecular weight excluding hydrogens is 451 g/mol. The van der Waals surface area contributed by atoms with E-state index in [2.05, 4.69) is 5.32 Å². The number of benzene rings is 2. The SMILES string of the molecule is CNc1ccc(N([C@H](C)c2ccc(F)cc2)S(=O)(=O)C2CCC(C(N)=O)CC2)cc1[N+](=O)[O-]. The smallest absolute Gasteiger partial charge is 0.294 e. The van der Waals surface area contributed by atoms with Gasteiger partial charge in [0.05, 0.1) is 21.9 Å². The van der Waals surface area contributed by atoms with Crippen molar-refractivity contribution in [3.8, 4) is 0 Å². The first-order chi connectivity index (χ1) is 15.6. The molecule has 33 heavy (non-hydrogen) atoms. The molecule has 1 aliphatic rings. The highest BCUT2D eigenvalue weighted by atomic mass is 32.2. The van der Waals surface area contributed by atoms with E-state index in [1.807, 2.05) is 0 Å². The van der Waals surface area contributed by atoms with Crippen LogP contribution in [0.1, 0.15) is 44.2 Å². The van der Waals surface area contributed by atoms with Crippen molar-refractivity contribution in [3.63, 3.8) is 0 Å². The summed E-state index contributed by atoms with van der Waals surface area (Å²) in [7, 11) is -2.46. The highest BCUT2D eigenvalue weighted by Crippen LogP contribution is 2.39. The number of sulfonamides is 1.